The van der Waals surface area contributed by atoms with Crippen molar-refractivity contribution < 1.29 is 9.90 Å². The van der Waals surface area contributed by atoms with Gasteiger partial charge in [-0.25, -0.2) is 4.79 Å². The number of carbonyl (C=O) groups excluding carboxylic acids is 1. The van der Waals surface area contributed by atoms with E-state index in [9.17, 15) is 19.5 Å². The Morgan fingerprint density at radius 3 is 2.65 bits per heavy atom. The number of aromatic nitrogens is 2. The van der Waals surface area contributed by atoms with Crippen LogP contribution in [-0.4, -0.2) is 21.0 Å². The number of azo groups is 1. The number of fused-ring (bicyclic) bond motifs is 1. The Labute approximate surface area is 136 Å². The van der Waals surface area contributed by atoms with Gasteiger partial charge in [-0.05, 0) is 6.07 Å². The summed E-state index contributed by atoms with van der Waals surface area (Å²) in [6.45, 7) is 0. The van der Waals surface area contributed by atoms with Crippen molar-refractivity contribution in [1.82, 2.24) is 9.97 Å². The van der Waals surface area contributed by atoms with Crippen LogP contribution < -0.4 is 11.2 Å². The molecule has 2 heterocycles. The third kappa shape index (κ3) is 2.79. The van der Waals surface area contributed by atoms with Gasteiger partial charge in [0.1, 0.15) is 4.88 Å². The van der Waals surface area contributed by atoms with E-state index in [-0.39, 0.29) is 9.90 Å². The van der Waals surface area contributed by atoms with Crippen LogP contribution in [0, 0.1) is 0 Å². The lowest BCUT2D eigenvalue weighted by atomic mass is 10.2. The molecule has 0 atom stereocenters. The monoisotopic (exact) mass is 350 g/mol. The summed E-state index contributed by atoms with van der Waals surface area (Å²) < 4.78 is 0.806. The quantitative estimate of drug-likeness (QED) is 0.613. The molecule has 0 spiro atoms. The minimum absolute atomic E-state index is 0.164. The topological polar surface area (TPSA) is 128 Å². The molecule has 8 nitrogen and oxygen atoms in total. The first-order valence-electron chi connectivity index (χ1n) is 6.16. The van der Waals surface area contributed by atoms with Crippen molar-refractivity contribution in [2.24, 2.45) is 10.2 Å². The highest BCUT2D eigenvalue weighted by molar-refractivity contribution is 7.21. The van der Waals surface area contributed by atoms with E-state index in [1.807, 2.05) is 16.0 Å². The second kappa shape index (κ2) is 5.78. The molecule has 116 valence electrons. The molecule has 1 aromatic carbocycles. The summed E-state index contributed by atoms with van der Waals surface area (Å²) in [6.07, 6.45) is 0. The molecular weight excluding hydrogens is 344 g/mol. The number of amides is 1. The second-order valence-electron chi connectivity index (χ2n) is 4.35. The number of nitrogens with zero attached hydrogens (tertiary/aromatic N) is 2. The predicted molar refractivity (Wildman–Crippen MR) is 85.0 cm³/mol. The van der Waals surface area contributed by atoms with Crippen LogP contribution in [-0.2, 0) is 0 Å². The average Bonchev–Trinajstić information content (AvgIpc) is 2.84. The summed E-state index contributed by atoms with van der Waals surface area (Å²) in [4.78, 5) is 38.5. The first kappa shape index (κ1) is 15.1. The maximum atomic E-state index is 12.1. The number of H-pyrrole nitrogens is 2. The molecule has 3 rings (SSSR count). The molecule has 10 heteroatoms. The number of aromatic amines is 2. The van der Waals surface area contributed by atoms with Gasteiger partial charge in [0.15, 0.2) is 0 Å². The number of hydrogen-bond donors (Lipinski definition) is 3. The highest BCUT2D eigenvalue weighted by Crippen LogP contribution is 2.35. The Morgan fingerprint density at radius 1 is 1.22 bits per heavy atom. The molecule has 23 heavy (non-hydrogen) atoms. The van der Waals surface area contributed by atoms with Crippen LogP contribution in [0.25, 0.3) is 10.1 Å². The summed E-state index contributed by atoms with van der Waals surface area (Å²) in [5.74, 6) is -1.54. The number of thiophene rings is 1. The Bertz CT molecular complexity index is 1070. The van der Waals surface area contributed by atoms with Crippen LogP contribution in [0.2, 0.25) is 5.02 Å². The molecule has 0 aliphatic heterocycles. The van der Waals surface area contributed by atoms with Crippen LogP contribution in [0.15, 0.2) is 44.1 Å². The summed E-state index contributed by atoms with van der Waals surface area (Å²) in [5.41, 5.74) is -2.44. The lowest BCUT2D eigenvalue weighted by molar-refractivity contribution is 0.0999. The van der Waals surface area contributed by atoms with Gasteiger partial charge in [0.2, 0.25) is 11.6 Å². The molecule has 0 radical (unpaired) electrons. The zero-order valence-electron chi connectivity index (χ0n) is 11.2. The Hall–Kier alpha value is -2.78. The number of rotatable bonds is 2. The largest absolute Gasteiger partial charge is 0.493 e. The number of benzene rings is 1. The van der Waals surface area contributed by atoms with Crippen LogP contribution in [0.3, 0.4) is 0 Å². The smallest absolute Gasteiger partial charge is 0.328 e. The van der Waals surface area contributed by atoms with Crippen LogP contribution in [0.1, 0.15) is 9.67 Å². The van der Waals surface area contributed by atoms with Crippen LogP contribution in [0.5, 0.6) is 5.88 Å². The van der Waals surface area contributed by atoms with Crippen molar-refractivity contribution >= 4 is 44.6 Å². The highest BCUT2D eigenvalue weighted by atomic mass is 35.5. The molecule has 1 amide bonds. The fourth-order valence-corrected chi connectivity index (χ4v) is 3.24. The van der Waals surface area contributed by atoms with Gasteiger partial charge >= 0.3 is 11.6 Å². The van der Waals surface area contributed by atoms with Crippen molar-refractivity contribution in [3.8, 4) is 5.88 Å². The standard InChI is InChI=1S/C13H7ClN4O4S/c14-7-5-3-1-2-4-6(5)23-9(7)12(21)18-17-8-10(19)15-13(22)16-11(8)20/h1-4H,(H3,15,16,19,20,22). The fourth-order valence-electron chi connectivity index (χ4n) is 1.85. The first-order valence-corrected chi connectivity index (χ1v) is 7.35. The number of nitrogens with one attached hydrogen (secondary N) is 2. The zero-order valence-corrected chi connectivity index (χ0v) is 12.7. The van der Waals surface area contributed by atoms with E-state index in [2.05, 4.69) is 10.2 Å². The molecule has 0 unspecified atom stereocenters. The second-order valence-corrected chi connectivity index (χ2v) is 5.78. The molecule has 3 aromatic rings. The Kier molecular flexibility index (Phi) is 3.80. The Balaban J connectivity index is 2.00. The first-order chi connectivity index (χ1) is 11.0. The summed E-state index contributed by atoms with van der Waals surface area (Å²) in [7, 11) is 0. The number of halogens is 1. The fraction of sp³-hybridized carbons (Fsp3) is 0. The molecule has 3 N–H and O–H groups in total. The number of hydrogen-bond acceptors (Lipinski definition) is 6. The van der Waals surface area contributed by atoms with Crippen molar-refractivity contribution in [2.75, 3.05) is 0 Å². The number of carbonyl (C=O) groups is 1. The van der Waals surface area contributed by atoms with Gasteiger partial charge in [0, 0.05) is 10.1 Å². The van der Waals surface area contributed by atoms with Gasteiger partial charge in [-0.15, -0.1) is 21.6 Å². The lowest BCUT2D eigenvalue weighted by Crippen LogP contribution is -2.21. The molecule has 0 bridgehead atoms. The minimum Gasteiger partial charge on any atom is -0.493 e. The van der Waals surface area contributed by atoms with Crippen molar-refractivity contribution in [3.05, 3.63) is 55.0 Å². The molecule has 2 aromatic heterocycles. The third-order valence-corrected chi connectivity index (χ3v) is 4.53. The zero-order chi connectivity index (χ0) is 16.6. The van der Waals surface area contributed by atoms with Gasteiger partial charge in [-0.3, -0.25) is 19.6 Å². The van der Waals surface area contributed by atoms with E-state index in [0.29, 0.717) is 5.39 Å². The minimum atomic E-state index is -0.967. The summed E-state index contributed by atoms with van der Waals surface area (Å²) in [6, 6.07) is 7.16. The highest BCUT2D eigenvalue weighted by Gasteiger charge is 2.17. The van der Waals surface area contributed by atoms with Gasteiger partial charge in [-0.1, -0.05) is 29.8 Å². The molecule has 0 aliphatic carbocycles. The van der Waals surface area contributed by atoms with E-state index < -0.39 is 28.7 Å². The maximum absolute atomic E-state index is 12.1. The third-order valence-electron chi connectivity index (χ3n) is 2.87. The van der Waals surface area contributed by atoms with Gasteiger partial charge in [-0.2, -0.15) is 0 Å². The van der Waals surface area contributed by atoms with Crippen LogP contribution >= 0.6 is 22.9 Å². The molecule has 0 fully saturated rings. The van der Waals surface area contributed by atoms with E-state index in [1.165, 1.54) is 0 Å². The van der Waals surface area contributed by atoms with Crippen molar-refractivity contribution in [2.45, 2.75) is 0 Å². The average molecular weight is 351 g/mol. The van der Waals surface area contributed by atoms with E-state index >= 15 is 0 Å². The molecule has 0 saturated heterocycles. The molecular formula is C13H7ClN4O4S. The summed E-state index contributed by atoms with van der Waals surface area (Å²) >= 11 is 7.28. The predicted octanol–water partition coefficient (Wildman–Crippen LogP) is 2.56. The molecule has 0 aliphatic rings. The normalized spacial score (nSPS) is 11.3. The summed E-state index contributed by atoms with van der Waals surface area (Å²) in [5, 5.41) is 17.2. The maximum Gasteiger partial charge on any atom is 0.328 e. The van der Waals surface area contributed by atoms with Gasteiger partial charge in [0.05, 0.1) is 5.02 Å². The SMILES string of the molecule is O=C(N=Nc1c(O)[nH]c(=O)[nH]c1=O)c1sc2ccccc2c1Cl. The van der Waals surface area contributed by atoms with Gasteiger partial charge < -0.3 is 5.11 Å². The van der Waals surface area contributed by atoms with Crippen molar-refractivity contribution in [3.63, 3.8) is 0 Å². The van der Waals surface area contributed by atoms with Crippen molar-refractivity contribution in [1.29, 1.82) is 0 Å². The Morgan fingerprint density at radius 2 is 1.96 bits per heavy atom. The molecule has 0 saturated carbocycles. The van der Waals surface area contributed by atoms with E-state index in [4.69, 9.17) is 11.6 Å². The number of aromatic hydroxyl groups is 1. The van der Waals surface area contributed by atoms with E-state index in [1.54, 1.807) is 18.2 Å². The lowest BCUT2D eigenvalue weighted by Gasteiger charge is -1.94. The van der Waals surface area contributed by atoms with Crippen LogP contribution in [0.4, 0.5) is 5.69 Å². The van der Waals surface area contributed by atoms with E-state index in [0.717, 1.165) is 16.0 Å². The van der Waals surface area contributed by atoms with Gasteiger partial charge in [0.25, 0.3) is 5.56 Å².